The molecule has 0 saturated carbocycles. The van der Waals surface area contributed by atoms with Crippen LogP contribution in [0, 0.1) is 22.7 Å². The third kappa shape index (κ3) is 3.64. The number of ether oxygens (including phenoxy) is 1. The third-order valence-electron chi connectivity index (χ3n) is 4.15. The van der Waals surface area contributed by atoms with Crippen LogP contribution in [0.1, 0.15) is 12.8 Å². The minimum atomic E-state index is -0.565. The summed E-state index contributed by atoms with van der Waals surface area (Å²) >= 11 is 6.20. The number of rotatable bonds is 4. The van der Waals surface area contributed by atoms with Gasteiger partial charge in [0.05, 0.1) is 22.2 Å². The van der Waals surface area contributed by atoms with Crippen molar-refractivity contribution in [2.75, 3.05) is 25.1 Å². The van der Waals surface area contributed by atoms with Gasteiger partial charge < -0.3 is 10.1 Å². The van der Waals surface area contributed by atoms with Crippen molar-refractivity contribution in [3.05, 3.63) is 41.4 Å². The summed E-state index contributed by atoms with van der Waals surface area (Å²) in [6.07, 6.45) is 2.73. The Morgan fingerprint density at radius 3 is 2.83 bits per heavy atom. The molecule has 2 aromatic heterocycles. The van der Waals surface area contributed by atoms with Crippen LogP contribution in [0.25, 0.3) is 11.3 Å². The average molecular weight is 347 g/mol. The SMILES string of the molecule is N#CC1(CNc2nc(-c3ccnc(F)c3)ccc2Cl)CCOCC1. The number of nitriles is 1. The Labute approximate surface area is 144 Å². The number of nitrogens with one attached hydrogen (secondary N) is 1. The van der Waals surface area contributed by atoms with Gasteiger partial charge in [-0.15, -0.1) is 0 Å². The molecule has 0 atom stereocenters. The molecule has 7 heteroatoms. The molecule has 0 radical (unpaired) electrons. The van der Waals surface area contributed by atoms with Crippen LogP contribution in [-0.2, 0) is 4.74 Å². The van der Waals surface area contributed by atoms with Crippen molar-refractivity contribution in [2.24, 2.45) is 5.41 Å². The monoisotopic (exact) mass is 346 g/mol. The summed E-state index contributed by atoms with van der Waals surface area (Å²) in [6, 6.07) is 8.80. The summed E-state index contributed by atoms with van der Waals surface area (Å²) in [7, 11) is 0. The Morgan fingerprint density at radius 2 is 2.12 bits per heavy atom. The van der Waals surface area contributed by atoms with Crippen molar-refractivity contribution in [2.45, 2.75) is 12.8 Å². The largest absolute Gasteiger partial charge is 0.381 e. The molecule has 0 amide bonds. The van der Waals surface area contributed by atoms with Crippen LogP contribution < -0.4 is 5.32 Å². The van der Waals surface area contributed by atoms with Gasteiger partial charge in [-0.2, -0.15) is 9.65 Å². The highest BCUT2D eigenvalue weighted by Crippen LogP contribution is 2.31. The molecule has 2 aromatic rings. The summed E-state index contributed by atoms with van der Waals surface area (Å²) in [5, 5.41) is 13.1. The van der Waals surface area contributed by atoms with Crippen molar-refractivity contribution in [3.63, 3.8) is 0 Å². The minimum Gasteiger partial charge on any atom is -0.381 e. The van der Waals surface area contributed by atoms with Crippen LogP contribution >= 0.6 is 11.6 Å². The quantitative estimate of drug-likeness (QED) is 0.855. The zero-order valence-corrected chi connectivity index (χ0v) is 13.7. The lowest BCUT2D eigenvalue weighted by molar-refractivity contribution is 0.0456. The molecule has 0 unspecified atom stereocenters. The molecular weight excluding hydrogens is 331 g/mol. The standard InChI is InChI=1S/C17H16ClFN4O/c18-13-1-2-14(12-3-6-21-15(19)9-12)23-16(13)22-11-17(10-20)4-7-24-8-5-17/h1-3,6,9H,4-5,7-8,11H2,(H,22,23). The third-order valence-corrected chi connectivity index (χ3v) is 4.45. The van der Waals surface area contributed by atoms with E-state index in [1.54, 1.807) is 18.2 Å². The lowest BCUT2D eigenvalue weighted by Gasteiger charge is -2.31. The van der Waals surface area contributed by atoms with Gasteiger partial charge in [-0.05, 0) is 31.0 Å². The molecule has 1 aliphatic rings. The van der Waals surface area contributed by atoms with Crippen molar-refractivity contribution < 1.29 is 9.13 Å². The Morgan fingerprint density at radius 1 is 1.33 bits per heavy atom. The predicted molar refractivity (Wildman–Crippen MR) is 89.0 cm³/mol. The highest BCUT2D eigenvalue weighted by atomic mass is 35.5. The van der Waals surface area contributed by atoms with E-state index < -0.39 is 11.4 Å². The number of hydrogen-bond donors (Lipinski definition) is 1. The van der Waals surface area contributed by atoms with Crippen LogP contribution in [0.15, 0.2) is 30.5 Å². The topological polar surface area (TPSA) is 70.8 Å². The van der Waals surface area contributed by atoms with E-state index in [1.807, 2.05) is 0 Å². The Balaban J connectivity index is 1.81. The molecule has 0 bridgehead atoms. The molecule has 3 rings (SSSR count). The molecule has 0 aromatic carbocycles. The van der Waals surface area contributed by atoms with Gasteiger partial charge in [0.25, 0.3) is 0 Å². The van der Waals surface area contributed by atoms with Crippen molar-refractivity contribution in [3.8, 4) is 17.3 Å². The van der Waals surface area contributed by atoms with Gasteiger partial charge in [-0.3, -0.25) is 0 Å². The molecule has 1 N–H and O–H groups in total. The van der Waals surface area contributed by atoms with Crippen molar-refractivity contribution >= 4 is 17.4 Å². The van der Waals surface area contributed by atoms with Gasteiger partial charge in [-0.1, -0.05) is 11.6 Å². The lowest BCUT2D eigenvalue weighted by atomic mass is 9.82. The number of pyridine rings is 2. The summed E-state index contributed by atoms with van der Waals surface area (Å²) in [5.74, 6) is -0.0862. The number of halogens is 2. The van der Waals surface area contributed by atoms with Crippen LogP contribution in [0.4, 0.5) is 10.2 Å². The first-order chi connectivity index (χ1) is 11.6. The van der Waals surface area contributed by atoms with Crippen LogP contribution in [0.3, 0.4) is 0 Å². The van der Waals surface area contributed by atoms with Crippen LogP contribution in [-0.4, -0.2) is 29.7 Å². The van der Waals surface area contributed by atoms with Gasteiger partial charge in [0.15, 0.2) is 0 Å². The molecule has 124 valence electrons. The molecular formula is C17H16ClFN4O. The Bertz CT molecular complexity index is 771. The van der Waals surface area contributed by atoms with Crippen LogP contribution in [0.5, 0.6) is 0 Å². The molecule has 3 heterocycles. The minimum absolute atomic E-state index is 0.438. The fourth-order valence-electron chi connectivity index (χ4n) is 2.63. The van der Waals surface area contributed by atoms with E-state index in [0.717, 1.165) is 0 Å². The molecule has 1 fully saturated rings. The van der Waals surface area contributed by atoms with Gasteiger partial charge in [0.2, 0.25) is 5.95 Å². The molecule has 0 spiro atoms. The van der Waals surface area contributed by atoms with Gasteiger partial charge in [-0.25, -0.2) is 9.97 Å². The first-order valence-electron chi connectivity index (χ1n) is 7.63. The first kappa shape index (κ1) is 16.6. The van der Waals surface area contributed by atoms with E-state index >= 15 is 0 Å². The van der Waals surface area contributed by atoms with E-state index in [0.29, 0.717) is 54.7 Å². The van der Waals surface area contributed by atoms with Crippen LogP contribution in [0.2, 0.25) is 5.02 Å². The fourth-order valence-corrected chi connectivity index (χ4v) is 2.80. The van der Waals surface area contributed by atoms with E-state index in [1.165, 1.54) is 12.3 Å². The molecule has 5 nitrogen and oxygen atoms in total. The normalized spacial score (nSPS) is 16.4. The predicted octanol–water partition coefficient (Wildman–Crippen LogP) is 3.67. The van der Waals surface area contributed by atoms with E-state index in [-0.39, 0.29) is 0 Å². The van der Waals surface area contributed by atoms with Gasteiger partial charge in [0.1, 0.15) is 5.82 Å². The zero-order chi connectivity index (χ0) is 17.0. The maximum atomic E-state index is 13.3. The fraction of sp³-hybridized carbons (Fsp3) is 0.353. The molecule has 0 aliphatic carbocycles. The second-order valence-electron chi connectivity index (χ2n) is 5.75. The maximum Gasteiger partial charge on any atom is 0.213 e. The zero-order valence-electron chi connectivity index (χ0n) is 12.9. The smallest absolute Gasteiger partial charge is 0.213 e. The second kappa shape index (κ2) is 7.12. The Kier molecular flexibility index (Phi) is 4.93. The van der Waals surface area contributed by atoms with Crippen molar-refractivity contribution in [1.29, 1.82) is 5.26 Å². The first-order valence-corrected chi connectivity index (χ1v) is 8.01. The number of anilines is 1. The summed E-state index contributed by atoms with van der Waals surface area (Å²) in [6.45, 7) is 1.59. The summed E-state index contributed by atoms with van der Waals surface area (Å²) in [4.78, 5) is 7.99. The second-order valence-corrected chi connectivity index (χ2v) is 6.16. The van der Waals surface area contributed by atoms with Gasteiger partial charge in [0, 0.05) is 37.6 Å². The lowest BCUT2D eigenvalue weighted by Crippen LogP contribution is -2.34. The maximum absolute atomic E-state index is 13.3. The number of hydrogen-bond acceptors (Lipinski definition) is 5. The average Bonchev–Trinajstić information content (AvgIpc) is 2.62. The van der Waals surface area contributed by atoms with E-state index in [2.05, 4.69) is 21.4 Å². The molecule has 1 aliphatic heterocycles. The number of nitrogens with zero attached hydrogens (tertiary/aromatic N) is 3. The summed E-state index contributed by atoms with van der Waals surface area (Å²) < 4.78 is 18.6. The van der Waals surface area contributed by atoms with Crippen molar-refractivity contribution in [1.82, 2.24) is 9.97 Å². The molecule has 24 heavy (non-hydrogen) atoms. The summed E-state index contributed by atoms with van der Waals surface area (Å²) in [5.41, 5.74) is 0.714. The molecule has 1 saturated heterocycles. The number of aromatic nitrogens is 2. The van der Waals surface area contributed by atoms with Gasteiger partial charge >= 0.3 is 0 Å². The highest BCUT2D eigenvalue weighted by Gasteiger charge is 2.32. The van der Waals surface area contributed by atoms with E-state index in [9.17, 15) is 9.65 Å². The van der Waals surface area contributed by atoms with E-state index in [4.69, 9.17) is 16.3 Å². The Hall–Kier alpha value is -2.23. The highest BCUT2D eigenvalue weighted by molar-refractivity contribution is 6.33.